The fraction of sp³-hybridized carbons (Fsp3) is 0.982. The van der Waals surface area contributed by atoms with Gasteiger partial charge in [0.05, 0.1) is 19.8 Å². The van der Waals surface area contributed by atoms with Crippen molar-refractivity contribution in [2.45, 2.75) is 333 Å². The van der Waals surface area contributed by atoms with Crippen molar-refractivity contribution < 1.29 is 56.2 Å². The second kappa shape index (κ2) is 49.0. The Morgan fingerprint density at radius 3 is 1.14 bits per heavy atom. The first kappa shape index (κ1) is 67.1. The van der Waals surface area contributed by atoms with Crippen LogP contribution in [0.1, 0.15) is 296 Å². The Morgan fingerprint density at radius 2 is 0.814 bits per heavy atom. The molecule has 0 aromatic rings. The molecule has 1 rings (SSSR count). The normalized spacial score (nSPS) is 19.0. The number of unbranched alkanes of at least 4 members (excludes halogenated alkanes) is 41. The van der Waals surface area contributed by atoms with Crippen LogP contribution in [0.4, 0.5) is 0 Å². The van der Waals surface area contributed by atoms with Crippen LogP contribution >= 0.6 is 0 Å². The summed E-state index contributed by atoms with van der Waals surface area (Å²) in [5, 5.41) is 30.8. The molecule has 0 aliphatic carbocycles. The van der Waals surface area contributed by atoms with E-state index in [0.717, 1.165) is 38.5 Å². The van der Waals surface area contributed by atoms with Crippen LogP contribution in [0.2, 0.25) is 0 Å². The quantitative estimate of drug-likeness (QED) is 0.0258. The lowest BCUT2D eigenvalue weighted by Crippen LogP contribution is -2.60. The fourth-order valence-corrected chi connectivity index (χ4v) is 10.2. The number of aliphatic hydroxyl groups is 3. The first-order chi connectivity index (χ1) is 34.1. The number of esters is 1. The summed E-state index contributed by atoms with van der Waals surface area (Å²) in [5.41, 5.74) is 0. The van der Waals surface area contributed by atoms with E-state index < -0.39 is 53.8 Å². The third kappa shape index (κ3) is 41.5. The van der Waals surface area contributed by atoms with Crippen molar-refractivity contribution in [1.82, 2.24) is 0 Å². The standard InChI is InChI=1S/C57H112O12S/c1-3-5-7-9-11-13-15-17-19-21-23-25-26-27-28-30-32-34-36-38-40-42-44-46-53(59)67-51(50-66-57-55(61)56(69-70(62,63)64)54(60)52(48-58)68-57)49-65-47-45-43-41-39-37-35-33-31-29-24-22-20-18-16-14-12-10-8-6-4-2/h51-52,54-58,60-61H,3-50H2,1-2H3,(H,62,63,64). The fourth-order valence-electron chi connectivity index (χ4n) is 9.74. The largest absolute Gasteiger partial charge is 0.457 e. The zero-order valence-electron chi connectivity index (χ0n) is 45.4. The SMILES string of the molecule is CCCCCCCCCCCCCCCCCCCCCCCCCC(=O)OC(COCCCCCCCCCCCCCCCCCCCCCC)COC1OC(CO)C(O)C(OS(=O)(=O)O)C1O. The molecule has 418 valence electrons. The van der Waals surface area contributed by atoms with Gasteiger partial charge in [-0.2, -0.15) is 8.42 Å². The third-order valence-electron chi connectivity index (χ3n) is 14.2. The summed E-state index contributed by atoms with van der Waals surface area (Å²) < 4.78 is 59.5. The lowest BCUT2D eigenvalue weighted by molar-refractivity contribution is -0.301. The van der Waals surface area contributed by atoms with Crippen LogP contribution in [-0.4, -0.2) is 97.5 Å². The minimum Gasteiger partial charge on any atom is -0.457 e. The molecule has 4 N–H and O–H groups in total. The second-order valence-corrected chi connectivity index (χ2v) is 22.0. The zero-order chi connectivity index (χ0) is 51.0. The first-order valence-corrected chi connectivity index (χ1v) is 31.2. The van der Waals surface area contributed by atoms with Crippen molar-refractivity contribution >= 4 is 16.4 Å². The molecule has 12 nitrogen and oxygen atoms in total. The molecule has 0 radical (unpaired) electrons. The molecule has 70 heavy (non-hydrogen) atoms. The predicted octanol–water partition coefficient (Wildman–Crippen LogP) is 14.8. The van der Waals surface area contributed by atoms with Gasteiger partial charge in [0.15, 0.2) is 6.29 Å². The van der Waals surface area contributed by atoms with Crippen molar-refractivity contribution in [3.05, 3.63) is 0 Å². The summed E-state index contributed by atoms with van der Waals surface area (Å²) in [4.78, 5) is 13.0. The van der Waals surface area contributed by atoms with Crippen LogP contribution in [0.3, 0.4) is 0 Å². The van der Waals surface area contributed by atoms with Gasteiger partial charge < -0.3 is 34.3 Å². The first-order valence-electron chi connectivity index (χ1n) is 29.8. The average Bonchev–Trinajstić information content (AvgIpc) is 3.34. The van der Waals surface area contributed by atoms with E-state index in [1.54, 1.807) is 0 Å². The highest BCUT2D eigenvalue weighted by molar-refractivity contribution is 7.80. The second-order valence-electron chi connectivity index (χ2n) is 21.0. The topological polar surface area (TPSA) is 178 Å². The Bertz CT molecular complexity index is 1220. The molecular formula is C57H112O12S. The van der Waals surface area contributed by atoms with Crippen molar-refractivity contribution in [3.63, 3.8) is 0 Å². The van der Waals surface area contributed by atoms with Crippen LogP contribution in [0, 0.1) is 0 Å². The maximum absolute atomic E-state index is 13.0. The zero-order valence-corrected chi connectivity index (χ0v) is 46.2. The monoisotopic (exact) mass is 1020 g/mol. The number of hydrogen-bond acceptors (Lipinski definition) is 11. The van der Waals surface area contributed by atoms with Gasteiger partial charge >= 0.3 is 16.4 Å². The summed E-state index contributed by atoms with van der Waals surface area (Å²) in [7, 11) is -5.06. The molecule has 0 aromatic heterocycles. The Balaban J connectivity index is 2.26. The lowest BCUT2D eigenvalue weighted by Gasteiger charge is -2.41. The van der Waals surface area contributed by atoms with E-state index in [1.165, 1.54) is 231 Å². The van der Waals surface area contributed by atoms with Crippen molar-refractivity contribution in [2.24, 2.45) is 0 Å². The summed E-state index contributed by atoms with van der Waals surface area (Å²) in [6.45, 7) is 4.08. The van der Waals surface area contributed by atoms with E-state index in [-0.39, 0.29) is 25.6 Å². The molecular weight excluding hydrogens is 909 g/mol. The smallest absolute Gasteiger partial charge is 0.397 e. The number of carbonyl (C=O) groups is 1. The number of aliphatic hydroxyl groups excluding tert-OH is 3. The molecule has 0 aromatic carbocycles. The summed E-state index contributed by atoms with van der Waals surface area (Å²) in [6.07, 6.45) is 47.2. The van der Waals surface area contributed by atoms with Gasteiger partial charge in [0.1, 0.15) is 30.5 Å². The van der Waals surface area contributed by atoms with Gasteiger partial charge in [-0.05, 0) is 12.8 Å². The number of carbonyl (C=O) groups excluding carboxylic acids is 1. The molecule has 6 atom stereocenters. The Hall–Kier alpha value is -0.900. The highest BCUT2D eigenvalue weighted by Gasteiger charge is 2.48. The molecule has 1 fully saturated rings. The Kier molecular flexibility index (Phi) is 47.0. The highest BCUT2D eigenvalue weighted by atomic mass is 32.3. The minimum atomic E-state index is -5.06. The van der Waals surface area contributed by atoms with Crippen LogP contribution < -0.4 is 0 Å². The van der Waals surface area contributed by atoms with Gasteiger partial charge in [-0.15, -0.1) is 0 Å². The third-order valence-corrected chi connectivity index (χ3v) is 14.7. The number of rotatable bonds is 54. The van der Waals surface area contributed by atoms with Crippen molar-refractivity contribution in [1.29, 1.82) is 0 Å². The van der Waals surface area contributed by atoms with E-state index in [0.29, 0.717) is 13.0 Å². The molecule has 1 saturated heterocycles. The average molecular weight is 1020 g/mol. The molecule has 13 heteroatoms. The van der Waals surface area contributed by atoms with Crippen molar-refractivity contribution in [2.75, 3.05) is 26.4 Å². The van der Waals surface area contributed by atoms with Gasteiger partial charge in [-0.25, -0.2) is 4.18 Å². The molecule has 0 spiro atoms. The van der Waals surface area contributed by atoms with Crippen molar-refractivity contribution in [3.8, 4) is 0 Å². The van der Waals surface area contributed by atoms with E-state index in [4.69, 9.17) is 18.9 Å². The van der Waals surface area contributed by atoms with E-state index >= 15 is 0 Å². The van der Waals surface area contributed by atoms with Gasteiger partial charge in [0, 0.05) is 13.0 Å². The maximum Gasteiger partial charge on any atom is 0.397 e. The Labute approximate surface area is 430 Å². The molecule has 1 heterocycles. The van der Waals surface area contributed by atoms with Crippen LogP contribution in [-0.2, 0) is 38.3 Å². The number of ether oxygens (including phenoxy) is 4. The summed E-state index contributed by atoms with van der Waals surface area (Å²) in [6, 6.07) is 0. The van der Waals surface area contributed by atoms with E-state index in [1.807, 2.05) is 0 Å². The molecule has 0 bridgehead atoms. The molecule has 1 aliphatic rings. The molecule has 0 amide bonds. The summed E-state index contributed by atoms with van der Waals surface area (Å²) >= 11 is 0. The van der Waals surface area contributed by atoms with Gasteiger partial charge in [0.25, 0.3) is 0 Å². The van der Waals surface area contributed by atoms with Crippen LogP contribution in [0.5, 0.6) is 0 Å². The van der Waals surface area contributed by atoms with Crippen LogP contribution in [0.15, 0.2) is 0 Å². The highest BCUT2D eigenvalue weighted by Crippen LogP contribution is 2.26. The number of hydrogen-bond donors (Lipinski definition) is 4. The van der Waals surface area contributed by atoms with E-state index in [9.17, 15) is 33.1 Å². The maximum atomic E-state index is 13.0. The molecule has 6 unspecified atom stereocenters. The van der Waals surface area contributed by atoms with E-state index in [2.05, 4.69) is 18.0 Å². The predicted molar refractivity (Wildman–Crippen MR) is 285 cm³/mol. The molecule has 0 saturated carbocycles. The molecule has 1 aliphatic heterocycles. The van der Waals surface area contributed by atoms with Gasteiger partial charge in [0.2, 0.25) is 0 Å². The minimum absolute atomic E-state index is 0.0457. The van der Waals surface area contributed by atoms with Crippen LogP contribution in [0.25, 0.3) is 0 Å². The van der Waals surface area contributed by atoms with Gasteiger partial charge in [-0.3, -0.25) is 9.35 Å². The van der Waals surface area contributed by atoms with Gasteiger partial charge in [-0.1, -0.05) is 277 Å². The Morgan fingerprint density at radius 1 is 0.486 bits per heavy atom. The lowest BCUT2D eigenvalue weighted by atomic mass is 9.99. The summed E-state index contributed by atoms with van der Waals surface area (Å²) in [5.74, 6) is -0.388.